The van der Waals surface area contributed by atoms with Gasteiger partial charge in [-0.05, 0) is 53.5 Å². The second-order valence-electron chi connectivity index (χ2n) is 6.74. The lowest BCUT2D eigenvalue weighted by atomic mass is 10.2. The molecule has 1 aliphatic rings. The van der Waals surface area contributed by atoms with E-state index >= 15 is 0 Å². The molecule has 0 radical (unpaired) electrons. The third kappa shape index (κ3) is 4.30. The largest absolute Gasteiger partial charge is 0.347 e. The Hall–Kier alpha value is -1.36. The minimum Gasteiger partial charge on any atom is -0.347 e. The highest BCUT2D eigenvalue weighted by Crippen LogP contribution is 2.38. The zero-order valence-electron chi connectivity index (χ0n) is 13.8. The predicted molar refractivity (Wildman–Crippen MR) is 84.5 cm³/mol. The van der Waals surface area contributed by atoms with Gasteiger partial charge in [0.15, 0.2) is 0 Å². The van der Waals surface area contributed by atoms with Gasteiger partial charge in [0, 0.05) is 36.3 Å². The van der Waals surface area contributed by atoms with Crippen LogP contribution in [0.1, 0.15) is 69.6 Å². The molecule has 0 unspecified atom stereocenters. The number of rotatable bonds is 7. The van der Waals surface area contributed by atoms with Crippen LogP contribution in [0.4, 0.5) is 0 Å². The summed E-state index contributed by atoms with van der Waals surface area (Å²) in [5.74, 6) is 0.506. The molecular formula is C16H28N4O. The first-order chi connectivity index (χ1) is 9.88. The average molecular weight is 292 g/mol. The third-order valence-corrected chi connectivity index (χ3v) is 4.04. The van der Waals surface area contributed by atoms with E-state index in [0.717, 1.165) is 12.2 Å². The van der Waals surface area contributed by atoms with E-state index in [2.05, 4.69) is 48.1 Å². The Bertz CT molecular complexity index is 468. The van der Waals surface area contributed by atoms with E-state index in [1.165, 1.54) is 12.8 Å². The molecule has 0 aromatic carbocycles. The molecule has 0 saturated heterocycles. The first kappa shape index (κ1) is 16.0. The Morgan fingerprint density at radius 3 is 2.48 bits per heavy atom. The zero-order chi connectivity index (χ0) is 15.6. The van der Waals surface area contributed by atoms with Gasteiger partial charge in [-0.3, -0.25) is 14.8 Å². The number of hydrogen-bond acceptors (Lipinski definition) is 3. The quantitative estimate of drug-likeness (QED) is 0.812. The van der Waals surface area contributed by atoms with Crippen LogP contribution < -0.4 is 5.32 Å². The highest BCUT2D eigenvalue weighted by atomic mass is 16.2. The number of carbonyl (C=O) groups is 1. The summed E-state index contributed by atoms with van der Waals surface area (Å²) in [4.78, 5) is 14.6. The highest BCUT2D eigenvalue weighted by Gasteiger charge is 2.27. The molecule has 21 heavy (non-hydrogen) atoms. The fraction of sp³-hybridized carbons (Fsp3) is 0.750. The lowest BCUT2D eigenvalue weighted by molar-refractivity contribution is 0.0906. The molecule has 1 aliphatic carbocycles. The van der Waals surface area contributed by atoms with Crippen LogP contribution in [0.3, 0.4) is 0 Å². The molecule has 118 valence electrons. The third-order valence-electron chi connectivity index (χ3n) is 4.04. The van der Waals surface area contributed by atoms with E-state index < -0.39 is 0 Å². The van der Waals surface area contributed by atoms with Crippen molar-refractivity contribution < 1.29 is 4.79 Å². The first-order valence-corrected chi connectivity index (χ1v) is 8.00. The summed E-state index contributed by atoms with van der Waals surface area (Å²) in [5.41, 5.74) is 1.60. The van der Waals surface area contributed by atoms with Crippen LogP contribution in [-0.4, -0.2) is 45.7 Å². The van der Waals surface area contributed by atoms with Crippen LogP contribution in [0.2, 0.25) is 0 Å². The number of carbonyl (C=O) groups excluding carboxylic acids is 1. The van der Waals surface area contributed by atoms with Gasteiger partial charge < -0.3 is 5.32 Å². The van der Waals surface area contributed by atoms with Gasteiger partial charge in [-0.15, -0.1) is 0 Å². The van der Waals surface area contributed by atoms with Crippen molar-refractivity contribution in [2.45, 2.75) is 71.5 Å². The summed E-state index contributed by atoms with van der Waals surface area (Å²) in [6, 6.07) is 2.93. The van der Waals surface area contributed by atoms with E-state index in [1.54, 1.807) is 0 Å². The van der Waals surface area contributed by atoms with Crippen LogP contribution in [0, 0.1) is 0 Å². The molecule has 0 aliphatic heterocycles. The molecule has 1 heterocycles. The van der Waals surface area contributed by atoms with Gasteiger partial charge in [-0.1, -0.05) is 0 Å². The molecule has 2 N–H and O–H groups in total. The van der Waals surface area contributed by atoms with Crippen molar-refractivity contribution in [2.24, 2.45) is 0 Å². The summed E-state index contributed by atoms with van der Waals surface area (Å²) in [5, 5.41) is 10.2. The lowest BCUT2D eigenvalue weighted by Gasteiger charge is -2.33. The van der Waals surface area contributed by atoms with Crippen molar-refractivity contribution >= 4 is 5.91 Å². The molecule has 1 amide bonds. The number of hydrogen-bond donors (Lipinski definition) is 2. The molecule has 0 bridgehead atoms. The van der Waals surface area contributed by atoms with Crippen LogP contribution >= 0.6 is 0 Å². The minimum absolute atomic E-state index is 0.0851. The van der Waals surface area contributed by atoms with Gasteiger partial charge in [0.05, 0.1) is 0 Å². The molecule has 5 nitrogen and oxygen atoms in total. The topological polar surface area (TPSA) is 61.0 Å². The summed E-state index contributed by atoms with van der Waals surface area (Å²) >= 11 is 0. The molecule has 1 atom stereocenters. The highest BCUT2D eigenvalue weighted by molar-refractivity contribution is 5.92. The Labute approximate surface area is 127 Å². The second-order valence-corrected chi connectivity index (χ2v) is 6.74. The molecular weight excluding hydrogens is 264 g/mol. The standard InChI is InChI=1S/C16H28N4O/c1-10(2)20(11(3)4)9-12(5)17-16(21)15-8-14(18-19-15)13-6-7-13/h8,10-13H,6-7,9H2,1-5H3,(H,17,21)(H,18,19)/t12-/m0/s1. The molecule has 2 rings (SSSR count). The average Bonchev–Trinajstić information content (AvgIpc) is 3.12. The van der Waals surface area contributed by atoms with Crippen molar-refractivity contribution in [3.05, 3.63) is 17.5 Å². The molecule has 1 aromatic heterocycles. The Balaban J connectivity index is 1.88. The summed E-state index contributed by atoms with van der Waals surface area (Å²) < 4.78 is 0. The van der Waals surface area contributed by atoms with Gasteiger partial charge in [0.25, 0.3) is 5.91 Å². The fourth-order valence-electron chi connectivity index (χ4n) is 2.73. The fourth-order valence-corrected chi connectivity index (χ4v) is 2.73. The Kier molecular flexibility index (Phi) is 5.04. The number of amides is 1. The van der Waals surface area contributed by atoms with Gasteiger partial charge >= 0.3 is 0 Å². The monoisotopic (exact) mass is 292 g/mol. The van der Waals surface area contributed by atoms with Gasteiger partial charge in [-0.25, -0.2) is 0 Å². The number of nitrogens with one attached hydrogen (secondary N) is 2. The second kappa shape index (κ2) is 6.60. The van der Waals surface area contributed by atoms with Crippen molar-refractivity contribution in [3.63, 3.8) is 0 Å². The Morgan fingerprint density at radius 1 is 1.33 bits per heavy atom. The molecule has 0 spiro atoms. The maximum absolute atomic E-state index is 12.2. The van der Waals surface area contributed by atoms with Crippen LogP contribution in [0.5, 0.6) is 0 Å². The van der Waals surface area contributed by atoms with E-state index in [-0.39, 0.29) is 11.9 Å². The van der Waals surface area contributed by atoms with E-state index in [0.29, 0.717) is 23.7 Å². The van der Waals surface area contributed by atoms with Crippen molar-refractivity contribution in [1.29, 1.82) is 0 Å². The van der Waals surface area contributed by atoms with Crippen LogP contribution in [-0.2, 0) is 0 Å². The van der Waals surface area contributed by atoms with Gasteiger partial charge in [-0.2, -0.15) is 5.10 Å². The van der Waals surface area contributed by atoms with Gasteiger partial charge in [0.2, 0.25) is 0 Å². The number of aromatic amines is 1. The zero-order valence-corrected chi connectivity index (χ0v) is 13.8. The summed E-state index contributed by atoms with van der Waals surface area (Å²) in [7, 11) is 0. The first-order valence-electron chi connectivity index (χ1n) is 8.00. The number of nitrogens with zero attached hydrogens (tertiary/aromatic N) is 2. The number of aromatic nitrogens is 2. The summed E-state index contributed by atoms with van der Waals surface area (Å²) in [6.07, 6.45) is 2.41. The van der Waals surface area contributed by atoms with Gasteiger partial charge in [0.1, 0.15) is 5.69 Å². The number of H-pyrrole nitrogens is 1. The SMILES string of the molecule is CC(C)N(C[C@H](C)NC(=O)c1cc(C2CC2)[nH]n1)C(C)C. The Morgan fingerprint density at radius 2 is 1.95 bits per heavy atom. The maximum atomic E-state index is 12.2. The molecule has 1 saturated carbocycles. The van der Waals surface area contributed by atoms with Crippen LogP contribution in [0.15, 0.2) is 6.07 Å². The van der Waals surface area contributed by atoms with E-state index in [4.69, 9.17) is 0 Å². The molecule has 1 fully saturated rings. The molecule has 5 heteroatoms. The minimum atomic E-state index is -0.0851. The smallest absolute Gasteiger partial charge is 0.272 e. The normalized spacial score (nSPS) is 16.8. The summed E-state index contributed by atoms with van der Waals surface area (Å²) in [6.45, 7) is 11.6. The maximum Gasteiger partial charge on any atom is 0.272 e. The lowest BCUT2D eigenvalue weighted by Crippen LogP contribution is -2.47. The van der Waals surface area contributed by atoms with Crippen molar-refractivity contribution in [3.8, 4) is 0 Å². The molecule has 1 aromatic rings. The van der Waals surface area contributed by atoms with Crippen molar-refractivity contribution in [2.75, 3.05) is 6.54 Å². The van der Waals surface area contributed by atoms with Crippen LogP contribution in [0.25, 0.3) is 0 Å². The predicted octanol–water partition coefficient (Wildman–Crippen LogP) is 2.52. The van der Waals surface area contributed by atoms with E-state index in [1.807, 2.05) is 13.0 Å². The van der Waals surface area contributed by atoms with Crippen molar-refractivity contribution in [1.82, 2.24) is 20.4 Å². The van der Waals surface area contributed by atoms with E-state index in [9.17, 15) is 4.79 Å².